The van der Waals surface area contributed by atoms with Crippen molar-refractivity contribution in [3.8, 4) is 5.75 Å². The fourth-order valence-electron chi connectivity index (χ4n) is 3.56. The normalized spacial score (nSPS) is 11.8. The number of ether oxygens (including phenoxy) is 3. The van der Waals surface area contributed by atoms with Crippen LogP contribution in [0.2, 0.25) is 0 Å². The van der Waals surface area contributed by atoms with E-state index < -0.39 is 29.6 Å². The molecule has 2 aromatic carbocycles. The molecule has 2 rings (SSSR count). The molecular weight excluding hydrogens is 484 g/mol. The van der Waals surface area contributed by atoms with Crippen LogP contribution in [0.4, 0.5) is 10.5 Å². The van der Waals surface area contributed by atoms with E-state index in [4.69, 9.17) is 14.2 Å². The third kappa shape index (κ3) is 13.1. The van der Waals surface area contributed by atoms with Gasteiger partial charge >= 0.3 is 12.1 Å². The van der Waals surface area contributed by atoms with Crippen LogP contribution in [0.15, 0.2) is 54.6 Å². The van der Waals surface area contributed by atoms with Crippen LogP contribution in [0, 0.1) is 0 Å². The fourth-order valence-corrected chi connectivity index (χ4v) is 3.56. The highest BCUT2D eigenvalue weighted by Gasteiger charge is 2.27. The van der Waals surface area contributed by atoms with Gasteiger partial charge in [0.25, 0.3) is 0 Å². The van der Waals surface area contributed by atoms with E-state index in [1.54, 1.807) is 45.0 Å². The lowest BCUT2D eigenvalue weighted by molar-refractivity contribution is -0.146. The van der Waals surface area contributed by atoms with E-state index in [1.807, 2.05) is 30.3 Å². The highest BCUT2D eigenvalue weighted by atomic mass is 16.6. The molecule has 0 aliphatic carbocycles. The van der Waals surface area contributed by atoms with Gasteiger partial charge in [-0.1, -0.05) is 69.4 Å². The molecule has 1 unspecified atom stereocenters. The number of esters is 1. The summed E-state index contributed by atoms with van der Waals surface area (Å²) in [6.07, 6.45) is 5.99. The molecule has 0 aromatic heterocycles. The Labute approximate surface area is 226 Å². The van der Waals surface area contributed by atoms with Gasteiger partial charge in [0.05, 0.1) is 13.0 Å². The fraction of sp³-hybridized carbons (Fsp3) is 0.500. The second-order valence-electron chi connectivity index (χ2n) is 10.2. The maximum Gasteiger partial charge on any atom is 0.408 e. The molecule has 0 bridgehead atoms. The average Bonchev–Trinajstić information content (AvgIpc) is 2.87. The Morgan fingerprint density at radius 2 is 1.53 bits per heavy atom. The summed E-state index contributed by atoms with van der Waals surface area (Å²) in [6, 6.07) is 15.0. The molecule has 0 saturated carbocycles. The number of rotatable bonds is 15. The number of hydrogen-bond acceptors (Lipinski definition) is 6. The van der Waals surface area contributed by atoms with Crippen molar-refractivity contribution in [2.24, 2.45) is 0 Å². The number of carbonyl (C=O) groups excluding carboxylic acids is 3. The summed E-state index contributed by atoms with van der Waals surface area (Å²) in [4.78, 5) is 37.8. The highest BCUT2D eigenvalue weighted by molar-refractivity contribution is 5.98. The van der Waals surface area contributed by atoms with Gasteiger partial charge in [-0.05, 0) is 57.0 Å². The Balaban J connectivity index is 1.91. The molecule has 0 aliphatic heterocycles. The number of alkyl carbamates (subject to hydrolysis) is 1. The first-order valence-electron chi connectivity index (χ1n) is 13.4. The van der Waals surface area contributed by atoms with Gasteiger partial charge < -0.3 is 24.8 Å². The first-order valence-corrected chi connectivity index (χ1v) is 13.4. The number of nitrogens with one attached hydrogen (secondary N) is 2. The maximum atomic E-state index is 13.0. The Hall–Kier alpha value is -3.55. The number of anilines is 1. The van der Waals surface area contributed by atoms with Gasteiger partial charge in [-0.15, -0.1) is 0 Å². The zero-order valence-corrected chi connectivity index (χ0v) is 23.1. The molecule has 0 saturated heterocycles. The minimum absolute atomic E-state index is 0.0701. The van der Waals surface area contributed by atoms with Gasteiger partial charge in [-0.2, -0.15) is 0 Å². The summed E-state index contributed by atoms with van der Waals surface area (Å²) in [7, 11) is 0. The van der Waals surface area contributed by atoms with Gasteiger partial charge in [0.2, 0.25) is 5.91 Å². The second kappa shape index (κ2) is 16.3. The zero-order chi connectivity index (χ0) is 27.8. The Bertz CT molecular complexity index is 986. The van der Waals surface area contributed by atoms with Gasteiger partial charge in [-0.25, -0.2) is 4.79 Å². The van der Waals surface area contributed by atoms with Crippen LogP contribution in [0.1, 0.15) is 78.2 Å². The van der Waals surface area contributed by atoms with Crippen LogP contribution in [-0.4, -0.2) is 36.2 Å². The minimum atomic E-state index is -1.18. The molecule has 0 fully saturated rings. The van der Waals surface area contributed by atoms with Crippen molar-refractivity contribution in [3.05, 3.63) is 60.2 Å². The Kier molecular flexibility index (Phi) is 13.2. The van der Waals surface area contributed by atoms with Crippen molar-refractivity contribution in [3.63, 3.8) is 0 Å². The second-order valence-corrected chi connectivity index (χ2v) is 10.2. The molecule has 2 N–H and O–H groups in total. The van der Waals surface area contributed by atoms with Crippen molar-refractivity contribution < 1.29 is 28.6 Å². The first kappa shape index (κ1) is 30.7. The molecule has 38 heavy (non-hydrogen) atoms. The lowest BCUT2D eigenvalue weighted by Gasteiger charge is -2.23. The van der Waals surface area contributed by atoms with E-state index >= 15 is 0 Å². The average molecular weight is 527 g/mol. The van der Waals surface area contributed by atoms with Gasteiger partial charge in [0, 0.05) is 5.69 Å². The minimum Gasteiger partial charge on any atom is -0.494 e. The predicted octanol–water partition coefficient (Wildman–Crippen LogP) is 6.39. The van der Waals surface area contributed by atoms with Gasteiger partial charge in [-0.3, -0.25) is 9.59 Å². The van der Waals surface area contributed by atoms with Crippen LogP contribution >= 0.6 is 0 Å². The van der Waals surface area contributed by atoms with E-state index in [1.165, 1.54) is 25.7 Å². The summed E-state index contributed by atoms with van der Waals surface area (Å²) in [6.45, 7) is 8.06. The highest BCUT2D eigenvalue weighted by Crippen LogP contribution is 2.17. The van der Waals surface area contributed by atoms with Gasteiger partial charge in [0.1, 0.15) is 24.0 Å². The SMILES string of the molecule is CCCCCCCCOc1ccc(NC(=O)C(CC(=O)OCc2ccccc2)NC(=O)OC(C)(C)C)cc1. The van der Waals surface area contributed by atoms with Crippen LogP contribution in [-0.2, 0) is 25.7 Å². The standard InChI is InChI=1S/C30H42N2O6/c1-5-6-7-8-9-13-20-36-25-18-16-24(17-19-25)31-28(34)26(32-29(35)38-30(2,3)4)21-27(33)37-22-23-14-11-10-12-15-23/h10-12,14-19,26H,5-9,13,20-22H2,1-4H3,(H,31,34)(H,32,35). The smallest absolute Gasteiger partial charge is 0.408 e. The molecule has 8 nitrogen and oxygen atoms in total. The largest absolute Gasteiger partial charge is 0.494 e. The van der Waals surface area contributed by atoms with E-state index in [0.29, 0.717) is 18.0 Å². The van der Waals surface area contributed by atoms with Crippen LogP contribution < -0.4 is 15.4 Å². The lowest BCUT2D eigenvalue weighted by atomic mass is 10.1. The Morgan fingerprint density at radius 3 is 2.18 bits per heavy atom. The molecular formula is C30H42N2O6. The van der Waals surface area contributed by atoms with E-state index in [0.717, 1.165) is 18.4 Å². The number of hydrogen-bond donors (Lipinski definition) is 2. The van der Waals surface area contributed by atoms with E-state index in [-0.39, 0.29) is 13.0 Å². The molecule has 0 spiro atoms. The predicted molar refractivity (Wildman–Crippen MR) is 148 cm³/mol. The van der Waals surface area contributed by atoms with Crippen LogP contribution in [0.5, 0.6) is 5.75 Å². The number of benzene rings is 2. The molecule has 0 aliphatic rings. The molecule has 0 heterocycles. The third-order valence-corrected chi connectivity index (χ3v) is 5.51. The third-order valence-electron chi connectivity index (χ3n) is 5.51. The summed E-state index contributed by atoms with van der Waals surface area (Å²) < 4.78 is 16.4. The monoisotopic (exact) mass is 526 g/mol. The molecule has 208 valence electrons. The van der Waals surface area contributed by atoms with E-state index in [2.05, 4.69) is 17.6 Å². The van der Waals surface area contributed by atoms with Crippen molar-refractivity contribution in [1.82, 2.24) is 5.32 Å². The number of unbranched alkanes of at least 4 members (excludes halogenated alkanes) is 5. The molecule has 0 radical (unpaired) electrons. The number of carbonyl (C=O) groups is 3. The lowest BCUT2D eigenvalue weighted by Crippen LogP contribution is -2.47. The molecule has 8 heteroatoms. The first-order chi connectivity index (χ1) is 18.2. The molecule has 2 aromatic rings. The topological polar surface area (TPSA) is 103 Å². The van der Waals surface area contributed by atoms with Crippen molar-refractivity contribution in [1.29, 1.82) is 0 Å². The summed E-state index contributed by atoms with van der Waals surface area (Å²) >= 11 is 0. The summed E-state index contributed by atoms with van der Waals surface area (Å²) in [5.41, 5.74) is 0.570. The summed E-state index contributed by atoms with van der Waals surface area (Å²) in [5, 5.41) is 5.23. The molecule has 1 atom stereocenters. The van der Waals surface area contributed by atoms with Gasteiger partial charge in [0.15, 0.2) is 0 Å². The zero-order valence-electron chi connectivity index (χ0n) is 23.1. The van der Waals surface area contributed by atoms with E-state index in [9.17, 15) is 14.4 Å². The Morgan fingerprint density at radius 1 is 0.868 bits per heavy atom. The van der Waals surface area contributed by atoms with Crippen LogP contribution in [0.3, 0.4) is 0 Å². The molecule has 2 amide bonds. The van der Waals surface area contributed by atoms with Crippen LogP contribution in [0.25, 0.3) is 0 Å². The van der Waals surface area contributed by atoms with Crippen molar-refractivity contribution in [2.45, 2.75) is 90.9 Å². The van der Waals surface area contributed by atoms with Crippen molar-refractivity contribution in [2.75, 3.05) is 11.9 Å². The number of amides is 2. The quantitative estimate of drug-likeness (QED) is 0.206. The van der Waals surface area contributed by atoms with Crippen molar-refractivity contribution >= 4 is 23.7 Å². The summed E-state index contributed by atoms with van der Waals surface area (Å²) in [5.74, 6) is -0.471. The maximum absolute atomic E-state index is 13.0.